The van der Waals surface area contributed by atoms with Gasteiger partial charge in [-0.25, -0.2) is 0 Å². The van der Waals surface area contributed by atoms with E-state index in [1.54, 1.807) is 0 Å². The number of cyclic esters (lactones) is 1. The molecule has 0 spiro atoms. The summed E-state index contributed by atoms with van der Waals surface area (Å²) in [6.45, 7) is 0. The maximum atomic E-state index is 12.2. The van der Waals surface area contributed by atoms with Gasteiger partial charge >= 0.3 is 5.97 Å². The summed E-state index contributed by atoms with van der Waals surface area (Å²) >= 11 is 0. The van der Waals surface area contributed by atoms with Crippen LogP contribution in [0.4, 0.5) is 0 Å². The Morgan fingerprint density at radius 3 is 2.61 bits per heavy atom. The van der Waals surface area contributed by atoms with Crippen LogP contribution in [0.1, 0.15) is 47.2 Å². The second-order valence-electron chi connectivity index (χ2n) is 5.07. The molecule has 18 heavy (non-hydrogen) atoms. The number of ketones is 1. The second-order valence-corrected chi connectivity index (χ2v) is 5.07. The normalized spacial score (nSPS) is 22.4. The smallest absolute Gasteiger partial charge is 0.306 e. The van der Waals surface area contributed by atoms with E-state index in [4.69, 9.17) is 4.74 Å². The molecule has 0 bridgehead atoms. The van der Waals surface area contributed by atoms with Gasteiger partial charge in [-0.3, -0.25) is 9.59 Å². The summed E-state index contributed by atoms with van der Waals surface area (Å²) in [7, 11) is 0. The number of rotatable bonds is 2. The standard InChI is InChI=1S/C15H16O3/c16-14-8-7-13(18-14)15(17)12-6-5-10-3-1-2-4-11(10)9-12/h5-6,9,13H,1-4,7-8H2. The maximum absolute atomic E-state index is 12.2. The van der Waals surface area contributed by atoms with Crippen molar-refractivity contribution in [2.75, 3.05) is 0 Å². The lowest BCUT2D eigenvalue weighted by Gasteiger charge is -2.17. The topological polar surface area (TPSA) is 43.4 Å². The summed E-state index contributed by atoms with van der Waals surface area (Å²) in [5.41, 5.74) is 3.34. The van der Waals surface area contributed by atoms with Gasteiger partial charge in [-0.05, 0) is 42.9 Å². The number of hydrogen-bond donors (Lipinski definition) is 0. The van der Waals surface area contributed by atoms with Gasteiger partial charge in [0.1, 0.15) is 0 Å². The van der Waals surface area contributed by atoms with Gasteiger partial charge in [0.25, 0.3) is 0 Å². The Kier molecular flexibility index (Phi) is 2.90. The summed E-state index contributed by atoms with van der Waals surface area (Å²) in [4.78, 5) is 23.2. The molecule has 0 amide bonds. The number of carbonyl (C=O) groups excluding carboxylic acids is 2. The van der Waals surface area contributed by atoms with Crippen molar-refractivity contribution in [2.45, 2.75) is 44.6 Å². The first-order valence-electron chi connectivity index (χ1n) is 6.59. The van der Waals surface area contributed by atoms with Gasteiger partial charge in [-0.15, -0.1) is 0 Å². The molecule has 1 aliphatic heterocycles. The molecule has 2 aliphatic rings. The lowest BCUT2D eigenvalue weighted by Crippen LogP contribution is -2.20. The number of carbonyl (C=O) groups is 2. The highest BCUT2D eigenvalue weighted by Crippen LogP contribution is 2.24. The van der Waals surface area contributed by atoms with Crippen molar-refractivity contribution in [1.82, 2.24) is 0 Å². The number of hydrogen-bond acceptors (Lipinski definition) is 3. The van der Waals surface area contributed by atoms with Crippen LogP contribution < -0.4 is 0 Å². The van der Waals surface area contributed by atoms with Crippen LogP contribution in [0.15, 0.2) is 18.2 Å². The van der Waals surface area contributed by atoms with Crippen LogP contribution in [-0.2, 0) is 22.4 Å². The van der Waals surface area contributed by atoms with Gasteiger partial charge in [0.2, 0.25) is 5.78 Å². The Balaban J connectivity index is 1.83. The fourth-order valence-corrected chi connectivity index (χ4v) is 2.78. The third-order valence-corrected chi connectivity index (χ3v) is 3.81. The Morgan fingerprint density at radius 1 is 1.11 bits per heavy atom. The van der Waals surface area contributed by atoms with Gasteiger partial charge in [0.15, 0.2) is 6.10 Å². The average Bonchev–Trinajstić information content (AvgIpc) is 2.84. The van der Waals surface area contributed by atoms with E-state index in [0.717, 1.165) is 12.8 Å². The zero-order chi connectivity index (χ0) is 12.5. The van der Waals surface area contributed by atoms with Crippen LogP contribution in [0.2, 0.25) is 0 Å². The summed E-state index contributed by atoms with van der Waals surface area (Å²) in [6, 6.07) is 5.92. The van der Waals surface area contributed by atoms with Crippen molar-refractivity contribution in [3.05, 3.63) is 34.9 Å². The van der Waals surface area contributed by atoms with Gasteiger partial charge < -0.3 is 4.74 Å². The third-order valence-electron chi connectivity index (χ3n) is 3.81. The van der Waals surface area contributed by atoms with Crippen molar-refractivity contribution < 1.29 is 14.3 Å². The summed E-state index contributed by atoms with van der Waals surface area (Å²) in [5.74, 6) is -0.305. The Hall–Kier alpha value is -1.64. The molecule has 1 aromatic carbocycles. The lowest BCUT2D eigenvalue weighted by atomic mass is 9.89. The highest BCUT2D eigenvalue weighted by atomic mass is 16.6. The first kappa shape index (κ1) is 11.5. The summed E-state index contributed by atoms with van der Waals surface area (Å²) in [6.07, 6.45) is 4.93. The van der Waals surface area contributed by atoms with Crippen molar-refractivity contribution in [1.29, 1.82) is 0 Å². The van der Waals surface area contributed by atoms with Crippen LogP contribution in [0.5, 0.6) is 0 Å². The van der Waals surface area contributed by atoms with Crippen molar-refractivity contribution in [3.63, 3.8) is 0 Å². The Labute approximate surface area is 106 Å². The molecule has 1 unspecified atom stereocenters. The SMILES string of the molecule is O=C1CCC(C(=O)c2ccc3c(c2)CCCC3)O1. The minimum absolute atomic E-state index is 0.0470. The molecule has 1 aliphatic carbocycles. The Bertz CT molecular complexity index is 504. The molecule has 1 fully saturated rings. The predicted molar refractivity (Wildman–Crippen MR) is 66.5 cm³/mol. The summed E-state index contributed by atoms with van der Waals surface area (Å²) in [5, 5.41) is 0. The number of fused-ring (bicyclic) bond motifs is 1. The molecule has 0 saturated carbocycles. The first-order valence-corrected chi connectivity index (χ1v) is 6.59. The van der Waals surface area contributed by atoms with Gasteiger partial charge in [-0.1, -0.05) is 12.1 Å². The summed E-state index contributed by atoms with van der Waals surface area (Å²) < 4.78 is 5.03. The van der Waals surface area contributed by atoms with Crippen molar-refractivity contribution in [3.8, 4) is 0 Å². The fraction of sp³-hybridized carbons (Fsp3) is 0.467. The molecule has 94 valence electrons. The second kappa shape index (κ2) is 4.56. The van der Waals surface area contributed by atoms with E-state index < -0.39 is 6.10 Å². The zero-order valence-corrected chi connectivity index (χ0v) is 10.3. The molecular weight excluding hydrogens is 228 g/mol. The number of esters is 1. The molecule has 0 N–H and O–H groups in total. The van der Waals surface area contributed by atoms with Crippen LogP contribution in [0, 0.1) is 0 Å². The highest BCUT2D eigenvalue weighted by molar-refractivity contribution is 6.01. The zero-order valence-electron chi connectivity index (χ0n) is 10.3. The molecule has 1 saturated heterocycles. The van der Waals surface area contributed by atoms with E-state index in [1.807, 2.05) is 12.1 Å². The predicted octanol–water partition coefficient (Wildman–Crippen LogP) is 2.45. The van der Waals surface area contributed by atoms with Crippen molar-refractivity contribution in [2.24, 2.45) is 0 Å². The largest absolute Gasteiger partial charge is 0.454 e. The van der Waals surface area contributed by atoms with Gasteiger partial charge in [-0.2, -0.15) is 0 Å². The van der Waals surface area contributed by atoms with Gasteiger partial charge in [0.05, 0.1) is 0 Å². The fourth-order valence-electron chi connectivity index (χ4n) is 2.78. The molecular formula is C15H16O3. The highest BCUT2D eigenvalue weighted by Gasteiger charge is 2.30. The first-order chi connectivity index (χ1) is 8.74. The molecule has 0 aromatic heterocycles. The van der Waals surface area contributed by atoms with Crippen LogP contribution in [0.25, 0.3) is 0 Å². The molecule has 1 heterocycles. The monoisotopic (exact) mass is 244 g/mol. The van der Waals surface area contributed by atoms with Crippen molar-refractivity contribution >= 4 is 11.8 Å². The molecule has 1 aromatic rings. The van der Waals surface area contributed by atoms with E-state index in [1.165, 1.54) is 24.0 Å². The molecule has 0 radical (unpaired) electrons. The third kappa shape index (κ3) is 2.05. The Morgan fingerprint density at radius 2 is 1.89 bits per heavy atom. The van der Waals surface area contributed by atoms with Crippen LogP contribution in [-0.4, -0.2) is 17.9 Å². The molecule has 3 nitrogen and oxygen atoms in total. The molecule has 3 rings (SSSR count). The number of ether oxygens (including phenoxy) is 1. The average molecular weight is 244 g/mol. The molecule has 1 atom stereocenters. The molecule has 3 heteroatoms. The van der Waals surface area contributed by atoms with E-state index >= 15 is 0 Å². The number of aryl methyl sites for hydroxylation is 2. The van der Waals surface area contributed by atoms with Crippen LogP contribution >= 0.6 is 0 Å². The van der Waals surface area contributed by atoms with E-state index in [2.05, 4.69) is 6.07 Å². The minimum Gasteiger partial charge on any atom is -0.454 e. The number of Topliss-reactive ketones (excluding diaryl/α,β-unsaturated/α-hetero) is 1. The van der Waals surface area contributed by atoms with E-state index in [9.17, 15) is 9.59 Å². The lowest BCUT2D eigenvalue weighted by molar-refractivity contribution is -0.140. The van der Waals surface area contributed by atoms with Crippen LogP contribution in [0.3, 0.4) is 0 Å². The van der Waals surface area contributed by atoms with E-state index in [-0.39, 0.29) is 11.8 Å². The maximum Gasteiger partial charge on any atom is 0.306 e. The number of benzene rings is 1. The minimum atomic E-state index is -0.556. The van der Waals surface area contributed by atoms with Gasteiger partial charge in [0, 0.05) is 18.4 Å². The van der Waals surface area contributed by atoms with E-state index in [0.29, 0.717) is 18.4 Å². The quantitative estimate of drug-likeness (QED) is 0.593.